The van der Waals surface area contributed by atoms with Crippen LogP contribution >= 0.6 is 34.8 Å². The first-order valence-electron chi connectivity index (χ1n) is 45.9. The maximum Gasteiger partial charge on any atom is 1.00 e. The van der Waals surface area contributed by atoms with Gasteiger partial charge in [-0.25, -0.2) is 0 Å². The molecule has 17 aromatic carbocycles. The Balaban J connectivity index is 0.000000232. The van der Waals surface area contributed by atoms with Crippen molar-refractivity contribution >= 4 is 106 Å². The summed E-state index contributed by atoms with van der Waals surface area (Å²) in [6.45, 7) is 0. The average Bonchev–Trinajstić information content (AvgIpc) is 0.798. The van der Waals surface area contributed by atoms with Gasteiger partial charge in [-0.3, -0.25) is 30.0 Å². The third-order valence-corrected chi connectivity index (χ3v) is 21.8. The number of aromatic hydroxyl groups is 6. The minimum absolute atomic E-state index is 0. The van der Waals surface area contributed by atoms with E-state index in [0.717, 1.165) is 149 Å². The zero-order chi connectivity index (χ0) is 102. The van der Waals surface area contributed by atoms with Crippen molar-refractivity contribution in [3.05, 3.63) is 525 Å². The number of phenols is 6. The molecule has 17 nitrogen and oxygen atoms in total. The van der Waals surface area contributed by atoms with Gasteiger partial charge in [-0.15, -0.1) is 108 Å². The van der Waals surface area contributed by atoms with Gasteiger partial charge in [0.1, 0.15) is 34.5 Å². The molecule has 0 saturated carbocycles. The van der Waals surface area contributed by atoms with Crippen LogP contribution in [0.15, 0.2) is 504 Å². The molecular formula is C126H98Cl3Ir3N9NaO8-3. The van der Waals surface area contributed by atoms with Crippen molar-refractivity contribution in [2.75, 3.05) is 14.2 Å². The monoisotopic (exact) mass is 2570 g/mol. The van der Waals surface area contributed by atoms with Gasteiger partial charge in [0.05, 0.1) is 34.1 Å². The smallest absolute Gasteiger partial charge is 0.857 e. The molecule has 0 spiro atoms. The summed E-state index contributed by atoms with van der Waals surface area (Å²) in [6, 6.07) is 154. The van der Waals surface area contributed by atoms with E-state index < -0.39 is 4.30 Å². The van der Waals surface area contributed by atoms with Crippen LogP contribution in [0.5, 0.6) is 34.5 Å². The van der Waals surface area contributed by atoms with Crippen molar-refractivity contribution in [2.24, 2.45) is 30.0 Å². The number of nitrogens with zero attached hydrogens (tertiary/aromatic N) is 9. The molecule has 747 valence electrons. The van der Waals surface area contributed by atoms with E-state index in [2.05, 4.69) is 99.5 Å². The molecule has 0 aliphatic rings. The third-order valence-electron chi connectivity index (χ3n) is 21.8. The number of aliphatic hydroxyl groups is 1. The van der Waals surface area contributed by atoms with E-state index in [1.54, 1.807) is 129 Å². The van der Waals surface area contributed by atoms with Gasteiger partial charge >= 0.3 is 29.6 Å². The van der Waals surface area contributed by atoms with Crippen LogP contribution in [-0.2, 0) is 60.3 Å². The SMILES string of the molecule is CO.C[O-].ClC(Cl)Cl.Oc1ccccc1C=Nc1ccc(-c2cc(-c3ccc(N=Cc4ccccc4O)cc3)cc(-c3ccc(N=Cc4ccccc4O)cc3)c2)cc1.Oc1ccccc1C=Nc1ccc(-c2cc(-c3ccc(N=Cc4ccccc4O)cc3)cc(-c3ccc(N=Cc4ccccc4O)cc3)c2)cc1.[Ir].[Ir].[Ir].[Na+].[c-]1ccccc1-c1ccccn1.[c-]1ccccc1-c1ccccn1.[c-]1ccccc1-c1ccccn1. The molecule has 3 heterocycles. The second-order valence-electron chi connectivity index (χ2n) is 31.5. The third kappa shape index (κ3) is 37.2. The molecule has 3 aromatic heterocycles. The zero-order valence-electron chi connectivity index (χ0n) is 81.3. The minimum Gasteiger partial charge on any atom is -0.857 e. The predicted molar refractivity (Wildman–Crippen MR) is 599 cm³/mol. The van der Waals surface area contributed by atoms with Crippen molar-refractivity contribution < 1.29 is 131 Å². The zero-order valence-corrected chi connectivity index (χ0v) is 92.7. The Morgan fingerprint density at radius 1 is 0.220 bits per heavy atom. The van der Waals surface area contributed by atoms with E-state index in [-0.39, 0.29) is 124 Å². The number of rotatable bonds is 21. The Hall–Kier alpha value is -15.3. The Morgan fingerprint density at radius 3 is 0.513 bits per heavy atom. The first kappa shape index (κ1) is 118. The van der Waals surface area contributed by atoms with Crippen LogP contribution in [0, 0.1) is 18.2 Å². The van der Waals surface area contributed by atoms with E-state index in [0.29, 0.717) is 33.4 Å². The van der Waals surface area contributed by atoms with Crippen LogP contribution in [0.3, 0.4) is 0 Å². The fourth-order valence-corrected chi connectivity index (χ4v) is 14.4. The fourth-order valence-electron chi connectivity index (χ4n) is 14.4. The number of phenolic OH excluding ortho intramolecular Hbond substituents is 6. The summed E-state index contributed by atoms with van der Waals surface area (Å²) in [5.41, 5.74) is 27.1. The number of halogens is 3. The molecule has 0 bridgehead atoms. The molecule has 0 unspecified atom stereocenters. The molecule has 0 saturated heterocycles. The van der Waals surface area contributed by atoms with Gasteiger partial charge in [0, 0.05) is 157 Å². The minimum atomic E-state index is -0.750. The van der Waals surface area contributed by atoms with Gasteiger partial charge in [0.25, 0.3) is 0 Å². The van der Waals surface area contributed by atoms with Crippen molar-refractivity contribution in [3.8, 4) is 135 Å². The second kappa shape index (κ2) is 64.1. The predicted octanol–water partition coefficient (Wildman–Crippen LogP) is 27.3. The number of hydrogen-bond acceptors (Lipinski definition) is 17. The van der Waals surface area contributed by atoms with Gasteiger partial charge in [-0.05, 0) is 284 Å². The van der Waals surface area contributed by atoms with E-state index in [1.165, 1.54) is 0 Å². The maximum absolute atomic E-state index is 10.1. The molecule has 0 atom stereocenters. The number of para-hydroxylation sites is 6. The molecule has 0 aliphatic heterocycles. The first-order valence-corrected chi connectivity index (χ1v) is 47.2. The molecule has 7 N–H and O–H groups in total. The average molecular weight is 2570 g/mol. The van der Waals surface area contributed by atoms with E-state index in [9.17, 15) is 30.6 Å². The molecule has 150 heavy (non-hydrogen) atoms. The van der Waals surface area contributed by atoms with Gasteiger partial charge in [-0.1, -0.05) is 217 Å². The molecule has 0 aliphatic carbocycles. The van der Waals surface area contributed by atoms with Crippen molar-refractivity contribution in [2.45, 2.75) is 4.30 Å². The molecule has 0 amide bonds. The second-order valence-corrected chi connectivity index (χ2v) is 33.5. The number of benzene rings is 17. The number of aromatic nitrogens is 3. The van der Waals surface area contributed by atoms with Crippen LogP contribution in [0.1, 0.15) is 33.4 Å². The van der Waals surface area contributed by atoms with Gasteiger partial charge in [0.15, 0.2) is 4.30 Å². The van der Waals surface area contributed by atoms with E-state index >= 15 is 0 Å². The number of alkyl halides is 3. The Kier molecular flexibility index (Phi) is 50.6. The van der Waals surface area contributed by atoms with E-state index in [4.69, 9.17) is 45.0 Å². The van der Waals surface area contributed by atoms with Crippen LogP contribution in [0.2, 0.25) is 0 Å². The number of aliphatic imine (C=N–C) groups is 6. The van der Waals surface area contributed by atoms with E-state index in [1.807, 2.05) is 346 Å². The standard InChI is InChI=1S/2C45H33N3O3.3C11H8N.CHCl3.CH4O.CH3O.3Ir.Na/c2*49-43-10-4-1-7-34(43)28-46-40-19-13-31(14-20-40)37-25-38(32-15-21-41(22-16-32)47-29-35-8-2-5-11-44(35)50)27-39(26-37)33-17-23-42(24-18-33)48-30-36-9-3-6-12-45(36)51;3*1-2-6-10(7-3-1)11-8-4-5-9-12-11;2-1(3)4;2*1-2;;;;/h2*1-30,49-51H;3*1-6,8-9H;1H;2H,1H3;1H3;;;;/q;;3*-1;;;-1;;;;+1. The Labute approximate surface area is 951 Å². The van der Waals surface area contributed by atoms with Crippen LogP contribution < -0.4 is 34.7 Å². The number of aliphatic hydroxyl groups excluding tert-OH is 1. The fraction of sp³-hybridized carbons (Fsp3) is 0.0238. The van der Waals surface area contributed by atoms with Crippen molar-refractivity contribution in [1.29, 1.82) is 0 Å². The summed E-state index contributed by atoms with van der Waals surface area (Å²) in [4.78, 5) is 40.0. The van der Waals surface area contributed by atoms with Crippen LogP contribution in [0.25, 0.3) is 101 Å². The molecule has 3 radical (unpaired) electrons. The molecule has 24 heteroatoms. The van der Waals surface area contributed by atoms with Crippen LogP contribution in [0.4, 0.5) is 34.1 Å². The summed E-state index contributed by atoms with van der Waals surface area (Å²) in [5, 5.41) is 75.8. The van der Waals surface area contributed by atoms with Gasteiger partial charge < -0.3 is 55.8 Å². The Bertz CT molecular complexity index is 6470. The van der Waals surface area contributed by atoms with Crippen molar-refractivity contribution in [1.82, 2.24) is 15.0 Å². The summed E-state index contributed by atoms with van der Waals surface area (Å²) in [5.74, 6) is 1.13. The quantitative estimate of drug-likeness (QED) is 0.0154. The van der Waals surface area contributed by atoms with Crippen molar-refractivity contribution in [3.63, 3.8) is 0 Å². The normalized spacial score (nSPS) is 10.5. The van der Waals surface area contributed by atoms with Gasteiger partial charge in [0.2, 0.25) is 0 Å². The molecule has 20 aromatic rings. The summed E-state index contributed by atoms with van der Waals surface area (Å²) in [7, 11) is 1.75. The summed E-state index contributed by atoms with van der Waals surface area (Å²) >= 11 is 14.4. The number of hydrogen-bond donors (Lipinski definition) is 7. The topological polar surface area (TPSA) is 277 Å². The Morgan fingerprint density at radius 2 is 0.373 bits per heavy atom. The summed E-state index contributed by atoms with van der Waals surface area (Å²) in [6.07, 6.45) is 15.3. The van der Waals surface area contributed by atoms with Crippen LogP contribution in [-0.4, -0.2) is 107 Å². The summed E-state index contributed by atoms with van der Waals surface area (Å²) < 4.78 is -0.750. The first-order chi connectivity index (χ1) is 71.6. The number of pyridine rings is 3. The maximum atomic E-state index is 10.1. The molecule has 20 rings (SSSR count). The molecule has 0 fully saturated rings. The molecular weight excluding hydrogens is 2470 g/mol. The van der Waals surface area contributed by atoms with Gasteiger partial charge in [-0.2, -0.15) is 7.11 Å². The largest absolute Gasteiger partial charge is 1.00 e.